The Morgan fingerprint density at radius 2 is 1.68 bits per heavy atom. The molecule has 230 valence electrons. The smallest absolute Gasteiger partial charge is 0.326 e. The fourth-order valence-electron chi connectivity index (χ4n) is 4.97. The van der Waals surface area contributed by atoms with Crippen molar-refractivity contribution in [3.8, 4) is 16.4 Å². The number of carbonyl (C=O) groups is 1. The van der Waals surface area contributed by atoms with E-state index in [4.69, 9.17) is 25.6 Å². The lowest BCUT2D eigenvalue weighted by molar-refractivity contribution is -0.116. The molecule has 44 heavy (non-hydrogen) atoms. The number of halogens is 1. The quantitative estimate of drug-likeness (QED) is 0.0896. The third-order valence-corrected chi connectivity index (χ3v) is 10.5. The maximum atomic E-state index is 12.8. The molecule has 1 amide bonds. The molecule has 0 unspecified atom stereocenters. The van der Waals surface area contributed by atoms with Gasteiger partial charge in [0.25, 0.3) is 0 Å². The number of unbranched alkanes of at least 4 members (excludes halogenated alkanes) is 2. The molecule has 0 bridgehead atoms. The highest BCUT2D eigenvalue weighted by Gasteiger charge is 2.24. The molecular formula is C33H36ClN4O4PS. The lowest BCUT2D eigenvalue weighted by Crippen LogP contribution is -2.11. The highest BCUT2D eigenvalue weighted by molar-refractivity contribution is 7.53. The first kappa shape index (κ1) is 32.1. The number of nitrogens with one attached hydrogen (secondary N) is 1. The molecule has 0 saturated carbocycles. The second kappa shape index (κ2) is 15.1. The molecule has 5 aromatic rings. The van der Waals surface area contributed by atoms with Crippen LogP contribution in [-0.2, 0) is 31.0 Å². The summed E-state index contributed by atoms with van der Waals surface area (Å²) in [5, 5.41) is 4.53. The van der Waals surface area contributed by atoms with E-state index in [0.29, 0.717) is 30.3 Å². The first-order valence-corrected chi connectivity index (χ1v) is 17.7. The number of rotatable bonds is 15. The third-order valence-electron chi connectivity index (χ3n) is 7.04. The number of para-hydroxylation sites is 2. The molecular weight excluding hydrogens is 615 g/mol. The molecule has 2 aromatic heterocycles. The number of fused-ring (bicyclic) bond motifs is 1. The summed E-state index contributed by atoms with van der Waals surface area (Å²) in [6, 6.07) is 23.1. The van der Waals surface area contributed by atoms with Gasteiger partial charge in [-0.2, -0.15) is 0 Å². The molecule has 8 nitrogen and oxygen atoms in total. The third kappa shape index (κ3) is 8.23. The second-order valence-corrected chi connectivity index (χ2v) is 13.8. The number of nitrogens with zero attached hydrogens (tertiary/aromatic N) is 3. The van der Waals surface area contributed by atoms with Gasteiger partial charge in [0.2, 0.25) is 5.91 Å². The van der Waals surface area contributed by atoms with Gasteiger partial charge in [0.05, 0.1) is 36.1 Å². The molecule has 3 aromatic carbocycles. The Hall–Kier alpha value is -3.33. The number of hydrogen-bond acceptors (Lipinski definition) is 7. The molecule has 11 heteroatoms. The summed E-state index contributed by atoms with van der Waals surface area (Å²) in [6.45, 7) is 4.23. The number of carbonyl (C=O) groups excluding carboxylic acids is 1. The lowest BCUT2D eigenvalue weighted by atomic mass is 10.1. The van der Waals surface area contributed by atoms with E-state index in [9.17, 15) is 9.36 Å². The van der Waals surface area contributed by atoms with Crippen LogP contribution in [0.15, 0.2) is 79.1 Å². The van der Waals surface area contributed by atoms with Gasteiger partial charge < -0.3 is 14.4 Å². The Morgan fingerprint density at radius 1 is 0.955 bits per heavy atom. The van der Waals surface area contributed by atoms with Gasteiger partial charge in [0, 0.05) is 27.6 Å². The van der Waals surface area contributed by atoms with Crippen LogP contribution in [0.5, 0.6) is 0 Å². The Labute approximate surface area is 267 Å². The normalized spacial score (nSPS) is 11.7. The number of anilines is 1. The molecule has 0 saturated heterocycles. The minimum atomic E-state index is -3.17. The number of thiazole rings is 1. The Balaban J connectivity index is 1.15. The van der Waals surface area contributed by atoms with Crippen LogP contribution in [0.1, 0.15) is 50.0 Å². The van der Waals surface area contributed by atoms with E-state index in [-0.39, 0.29) is 12.1 Å². The summed E-state index contributed by atoms with van der Waals surface area (Å²) in [4.78, 5) is 23.4. The fraction of sp³-hybridized carbons (Fsp3) is 0.303. The highest BCUT2D eigenvalue weighted by atomic mass is 35.5. The molecule has 1 N–H and O–H groups in total. The van der Waals surface area contributed by atoms with Crippen LogP contribution in [0.4, 0.5) is 5.69 Å². The number of hydrogen-bond donors (Lipinski definition) is 1. The molecule has 2 heterocycles. The first-order chi connectivity index (χ1) is 21.4. The van der Waals surface area contributed by atoms with Crippen molar-refractivity contribution in [3.05, 3.63) is 94.6 Å². The van der Waals surface area contributed by atoms with Crippen LogP contribution in [-0.4, -0.2) is 33.7 Å². The summed E-state index contributed by atoms with van der Waals surface area (Å²) < 4.78 is 25.6. The zero-order valence-electron chi connectivity index (χ0n) is 24.9. The van der Waals surface area contributed by atoms with E-state index < -0.39 is 7.60 Å². The average Bonchev–Trinajstić information content (AvgIpc) is 3.63. The fourth-order valence-corrected chi connectivity index (χ4v) is 7.90. The van der Waals surface area contributed by atoms with Crippen LogP contribution < -0.4 is 5.32 Å². The Kier molecular flexibility index (Phi) is 11.0. The van der Waals surface area contributed by atoms with Crippen LogP contribution >= 0.6 is 30.5 Å². The van der Waals surface area contributed by atoms with Crippen LogP contribution in [0, 0.1) is 0 Å². The largest absolute Gasteiger partial charge is 0.335 e. The van der Waals surface area contributed by atoms with Gasteiger partial charge in [-0.15, -0.1) is 11.3 Å². The summed E-state index contributed by atoms with van der Waals surface area (Å²) in [7, 11) is -3.17. The van der Waals surface area contributed by atoms with Gasteiger partial charge >= 0.3 is 7.60 Å². The van der Waals surface area contributed by atoms with Gasteiger partial charge in [-0.05, 0) is 75.1 Å². The molecule has 0 fully saturated rings. The predicted octanol–water partition coefficient (Wildman–Crippen LogP) is 9.31. The van der Waals surface area contributed by atoms with E-state index in [1.54, 1.807) is 25.2 Å². The number of benzene rings is 3. The van der Waals surface area contributed by atoms with Gasteiger partial charge in [-0.25, -0.2) is 9.97 Å². The maximum absolute atomic E-state index is 12.8. The number of imidazole rings is 1. The van der Waals surface area contributed by atoms with Gasteiger partial charge in [0.1, 0.15) is 6.33 Å². The van der Waals surface area contributed by atoms with Crippen LogP contribution in [0.2, 0.25) is 5.02 Å². The highest BCUT2D eigenvalue weighted by Crippen LogP contribution is 2.51. The number of amides is 1. The van der Waals surface area contributed by atoms with E-state index in [1.807, 2.05) is 83.7 Å². The van der Waals surface area contributed by atoms with E-state index in [2.05, 4.69) is 10.3 Å². The summed E-state index contributed by atoms with van der Waals surface area (Å²) in [5.74, 6) is -0.0269. The van der Waals surface area contributed by atoms with Crippen molar-refractivity contribution in [1.82, 2.24) is 14.5 Å². The number of aryl methyl sites for hydroxylation is 1. The minimum absolute atomic E-state index is 0.0269. The van der Waals surface area contributed by atoms with E-state index in [0.717, 1.165) is 58.7 Å². The van der Waals surface area contributed by atoms with Crippen molar-refractivity contribution >= 4 is 53.2 Å². The maximum Gasteiger partial charge on any atom is 0.335 e. The predicted molar refractivity (Wildman–Crippen MR) is 179 cm³/mol. The molecule has 0 aliphatic carbocycles. The summed E-state index contributed by atoms with van der Waals surface area (Å²) in [6.07, 6.45) is 5.95. The standard InChI is InChI=1S/C33H36ClN4O4PS/c1-3-41-43(40,42-4-2)22-24-14-20-27(21-15-24)36-31(39)13-7-5-6-12-30-32(25-16-18-26(34)19-17-25)37-33(44-30)38-23-35-28-10-8-9-11-29(28)38/h8-11,14-21,23H,3-7,12-13,22H2,1-2H3,(H,36,39). The molecule has 5 rings (SSSR count). The molecule has 0 aliphatic heterocycles. The first-order valence-electron chi connectivity index (χ1n) is 14.8. The van der Waals surface area contributed by atoms with Crippen molar-refractivity contribution < 1.29 is 18.4 Å². The monoisotopic (exact) mass is 650 g/mol. The van der Waals surface area contributed by atoms with Crippen molar-refractivity contribution in [2.75, 3.05) is 18.5 Å². The molecule has 0 spiro atoms. The van der Waals surface area contributed by atoms with Gasteiger partial charge in [-0.1, -0.05) is 54.4 Å². The minimum Gasteiger partial charge on any atom is -0.326 e. The lowest BCUT2D eigenvalue weighted by Gasteiger charge is -2.17. The van der Waals surface area contributed by atoms with Gasteiger partial charge in [-0.3, -0.25) is 13.9 Å². The van der Waals surface area contributed by atoms with Crippen molar-refractivity contribution in [2.24, 2.45) is 0 Å². The van der Waals surface area contributed by atoms with Crippen molar-refractivity contribution in [1.29, 1.82) is 0 Å². The topological polar surface area (TPSA) is 95.3 Å². The SMILES string of the molecule is CCOP(=O)(Cc1ccc(NC(=O)CCCCCc2sc(-n3cnc4ccccc43)nc2-c2ccc(Cl)cc2)cc1)OCC. The second-order valence-electron chi connectivity index (χ2n) is 10.3. The van der Waals surface area contributed by atoms with E-state index in [1.165, 1.54) is 4.88 Å². The Bertz CT molecular complexity index is 1730. The number of aromatic nitrogens is 3. The summed E-state index contributed by atoms with van der Waals surface area (Å²) >= 11 is 7.83. The molecule has 0 atom stereocenters. The van der Waals surface area contributed by atoms with Gasteiger partial charge in [0.15, 0.2) is 5.13 Å². The molecule has 0 radical (unpaired) electrons. The molecule has 0 aliphatic rings. The van der Waals surface area contributed by atoms with Crippen LogP contribution in [0.3, 0.4) is 0 Å². The summed E-state index contributed by atoms with van der Waals surface area (Å²) in [5.41, 5.74) is 5.48. The van der Waals surface area contributed by atoms with Crippen molar-refractivity contribution in [2.45, 2.75) is 52.1 Å². The zero-order valence-corrected chi connectivity index (χ0v) is 27.3. The van der Waals surface area contributed by atoms with E-state index >= 15 is 0 Å². The zero-order chi connectivity index (χ0) is 30.9. The van der Waals surface area contributed by atoms with Crippen molar-refractivity contribution in [3.63, 3.8) is 0 Å². The van der Waals surface area contributed by atoms with Crippen LogP contribution in [0.25, 0.3) is 27.4 Å². The Morgan fingerprint density at radius 3 is 2.41 bits per heavy atom. The average molecular weight is 651 g/mol.